The monoisotopic (exact) mass is 570 g/mol. The van der Waals surface area contributed by atoms with Crippen LogP contribution in [-0.4, -0.2) is 49.8 Å². The van der Waals surface area contributed by atoms with Crippen LogP contribution in [-0.2, 0) is 32.8 Å². The highest BCUT2D eigenvalue weighted by molar-refractivity contribution is 7.47. The third-order valence-corrected chi connectivity index (χ3v) is 7.06. The first-order chi connectivity index (χ1) is 17.7. The Morgan fingerprint density at radius 2 is 0.974 bits per heavy atom. The van der Waals surface area contributed by atoms with E-state index >= 15 is 0 Å². The number of phosphoric ester groups is 1. The molecule has 3 N–H and O–H groups in total. The van der Waals surface area contributed by atoms with Crippen LogP contribution < -0.4 is 0 Å². The number of hydrogen-bond acceptors (Lipinski definition) is 9. The van der Waals surface area contributed by atoms with Crippen LogP contribution in [0.5, 0.6) is 0 Å². The average Bonchev–Trinajstić information content (AvgIpc) is 2.81. The van der Waals surface area contributed by atoms with Crippen molar-refractivity contribution < 1.29 is 47.9 Å². The van der Waals surface area contributed by atoms with Crippen molar-refractivity contribution in [3.05, 3.63) is 48.6 Å². The van der Waals surface area contributed by atoms with Gasteiger partial charge in [-0.15, -0.1) is 0 Å². The molecule has 11 heteroatoms. The number of Topliss-reactive ketones (excluding diaryl/α,β-unsaturated/α-hetero) is 4. The van der Waals surface area contributed by atoms with E-state index in [1.165, 1.54) is 27.7 Å². The highest BCUT2D eigenvalue weighted by Crippen LogP contribution is 2.54. The van der Waals surface area contributed by atoms with Crippen LogP contribution in [0.1, 0.15) is 80.1 Å². The van der Waals surface area contributed by atoms with E-state index in [4.69, 9.17) is 9.05 Å². The second-order valence-electron chi connectivity index (χ2n) is 9.94. The minimum absolute atomic E-state index is 0.0676. The summed E-state index contributed by atoms with van der Waals surface area (Å²) in [7, 11) is -5.82. The normalized spacial score (nSPS) is 17.5. The predicted octanol–water partition coefficient (Wildman–Crippen LogP) is 4.69. The summed E-state index contributed by atoms with van der Waals surface area (Å²) in [6, 6.07) is 0. The molecule has 0 bridgehead atoms. The van der Waals surface area contributed by atoms with E-state index in [2.05, 4.69) is 26.3 Å². The quantitative estimate of drug-likeness (QED) is 0.106. The van der Waals surface area contributed by atoms with Crippen molar-refractivity contribution in [2.75, 3.05) is 0 Å². The third-order valence-electron chi connectivity index (χ3n) is 6.05. The molecule has 0 amide bonds. The minimum atomic E-state index is -5.82. The summed E-state index contributed by atoms with van der Waals surface area (Å²) in [5.41, 5.74) is -0.774. The molecule has 0 fully saturated rings. The first kappa shape index (κ1) is 36.7. The van der Waals surface area contributed by atoms with Gasteiger partial charge in [0.1, 0.15) is 0 Å². The van der Waals surface area contributed by atoms with Crippen LogP contribution in [0, 0.1) is 11.8 Å². The summed E-state index contributed by atoms with van der Waals surface area (Å²) in [6.07, 6.45) is 1.36. The number of allylic oxidation sites excluding steroid dienone is 2. The molecule has 0 aromatic heterocycles. The minimum Gasteiger partial charge on any atom is -0.358 e. The largest absolute Gasteiger partial charge is 0.478 e. The van der Waals surface area contributed by atoms with E-state index in [1.54, 1.807) is 13.8 Å². The van der Waals surface area contributed by atoms with Crippen molar-refractivity contribution >= 4 is 31.0 Å². The average molecular weight is 571 g/mol. The molecule has 4 unspecified atom stereocenters. The highest BCUT2D eigenvalue weighted by Gasteiger charge is 2.58. The number of carbonyl (C=O) groups excluding carboxylic acids is 4. The summed E-state index contributed by atoms with van der Waals surface area (Å²) in [6.45, 7) is 22.5. The van der Waals surface area contributed by atoms with Gasteiger partial charge in [-0.2, -0.15) is 0 Å². The Hall–Kier alpha value is -2.33. The molecule has 0 aliphatic carbocycles. The summed E-state index contributed by atoms with van der Waals surface area (Å²) in [4.78, 5) is 63.0. The number of aliphatic hydroxyl groups is 2. The number of ketones is 4. The number of phosphoric acid groups is 1. The molecule has 0 aromatic carbocycles. The van der Waals surface area contributed by atoms with E-state index in [0.717, 1.165) is 0 Å². The molecule has 10 nitrogen and oxygen atoms in total. The summed E-state index contributed by atoms with van der Waals surface area (Å²) in [5, 5.41) is 22.9. The molecule has 0 spiro atoms. The molecule has 0 heterocycles. The van der Waals surface area contributed by atoms with E-state index in [1.807, 2.05) is 0 Å². The topological polar surface area (TPSA) is 164 Å². The van der Waals surface area contributed by atoms with Crippen LogP contribution >= 0.6 is 7.82 Å². The second-order valence-corrected chi connectivity index (χ2v) is 11.2. The van der Waals surface area contributed by atoms with Crippen molar-refractivity contribution in [1.29, 1.82) is 0 Å². The maximum absolute atomic E-state index is 13.4. The molecule has 0 saturated heterocycles. The Bertz CT molecular complexity index is 994. The van der Waals surface area contributed by atoms with Gasteiger partial charge in [-0.3, -0.25) is 19.2 Å². The van der Waals surface area contributed by atoms with E-state index in [-0.39, 0.29) is 35.1 Å². The van der Waals surface area contributed by atoms with Gasteiger partial charge < -0.3 is 15.1 Å². The maximum Gasteiger partial charge on any atom is 0.478 e. The van der Waals surface area contributed by atoms with E-state index in [9.17, 15) is 38.8 Å². The van der Waals surface area contributed by atoms with Crippen molar-refractivity contribution in [3.8, 4) is 0 Å². The molecule has 220 valence electrons. The lowest BCUT2D eigenvalue weighted by molar-refractivity contribution is -0.216. The van der Waals surface area contributed by atoms with Gasteiger partial charge in [0.05, 0.1) is 11.8 Å². The van der Waals surface area contributed by atoms with Gasteiger partial charge in [-0.1, -0.05) is 65.8 Å². The Labute approximate surface area is 231 Å². The first-order valence-corrected chi connectivity index (χ1v) is 14.2. The Balaban J connectivity index is 7.06. The van der Waals surface area contributed by atoms with Gasteiger partial charge in [0, 0.05) is 0 Å². The number of unbranched alkanes of at least 4 members (excludes halogenated alkanes) is 2. The Morgan fingerprint density at radius 3 is 1.18 bits per heavy atom. The summed E-state index contributed by atoms with van der Waals surface area (Å²) < 4.78 is 23.4. The molecule has 0 radical (unpaired) electrons. The zero-order chi connectivity index (χ0) is 30.9. The first-order valence-electron chi connectivity index (χ1n) is 12.7. The molecule has 39 heavy (non-hydrogen) atoms. The Morgan fingerprint density at radius 1 is 0.692 bits per heavy atom. The lowest BCUT2D eigenvalue weighted by atomic mass is 9.82. The van der Waals surface area contributed by atoms with Gasteiger partial charge >= 0.3 is 7.82 Å². The Kier molecular flexibility index (Phi) is 14.0. The van der Waals surface area contributed by atoms with Gasteiger partial charge in [-0.05, 0) is 62.8 Å². The standard InChI is InChI=1S/C28H43O10P/c1-11-13-15-21(23(29)17(3)4)27(33,25(31)19(7)8)37-39(35,36)38-28(34,26(32)20(9)10)22(16-14-12-2)24(30)18(5)6/h21-22,33-34H,3,5,7,9,11-16H2,1-2,4,6,8,10H3,(H,35,36). The van der Waals surface area contributed by atoms with Crippen molar-refractivity contribution in [1.82, 2.24) is 0 Å². The molecular formula is C28H43O10P. The molecule has 0 aliphatic rings. The smallest absolute Gasteiger partial charge is 0.358 e. The van der Waals surface area contributed by atoms with Crippen LogP contribution in [0.25, 0.3) is 0 Å². The fourth-order valence-corrected chi connectivity index (χ4v) is 5.09. The van der Waals surface area contributed by atoms with Crippen LogP contribution in [0.2, 0.25) is 0 Å². The zero-order valence-corrected chi connectivity index (χ0v) is 24.8. The van der Waals surface area contributed by atoms with Gasteiger partial charge in [0.25, 0.3) is 11.6 Å². The molecule has 0 aromatic rings. The maximum atomic E-state index is 13.4. The number of rotatable bonds is 20. The van der Waals surface area contributed by atoms with Gasteiger partial charge in [0.2, 0.25) is 11.6 Å². The van der Waals surface area contributed by atoms with E-state index < -0.39 is 54.4 Å². The van der Waals surface area contributed by atoms with Crippen molar-refractivity contribution in [3.63, 3.8) is 0 Å². The van der Waals surface area contributed by atoms with Crippen LogP contribution in [0.15, 0.2) is 48.6 Å². The highest BCUT2D eigenvalue weighted by atomic mass is 31.2. The fraction of sp³-hybridized carbons (Fsp3) is 0.571. The summed E-state index contributed by atoms with van der Waals surface area (Å²) >= 11 is 0. The third kappa shape index (κ3) is 9.38. The molecular weight excluding hydrogens is 527 g/mol. The SMILES string of the molecule is C=C(C)C(=O)C(CCCC)C(O)(OP(=O)(O)OC(O)(C(=O)C(=C)C)C(CCCC)C(=O)C(=C)C)C(=O)C(=C)C. The lowest BCUT2D eigenvalue weighted by Crippen LogP contribution is -2.54. The van der Waals surface area contributed by atoms with Crippen LogP contribution in [0.4, 0.5) is 0 Å². The molecule has 0 rings (SSSR count). The number of carbonyl (C=O) groups is 4. The summed E-state index contributed by atoms with van der Waals surface area (Å²) in [5.74, 6) is -14.2. The van der Waals surface area contributed by atoms with E-state index in [0.29, 0.717) is 25.7 Å². The van der Waals surface area contributed by atoms with Crippen LogP contribution in [0.3, 0.4) is 0 Å². The van der Waals surface area contributed by atoms with Gasteiger partial charge in [0.15, 0.2) is 11.6 Å². The molecule has 0 aliphatic heterocycles. The molecule has 4 atom stereocenters. The number of hydrogen-bond donors (Lipinski definition) is 3. The fourth-order valence-electron chi connectivity index (χ4n) is 3.93. The van der Waals surface area contributed by atoms with Crippen molar-refractivity contribution in [2.45, 2.75) is 91.6 Å². The lowest BCUT2D eigenvalue weighted by Gasteiger charge is -2.38. The van der Waals surface area contributed by atoms with Gasteiger partial charge in [-0.25, -0.2) is 13.6 Å². The van der Waals surface area contributed by atoms with Crippen molar-refractivity contribution in [2.24, 2.45) is 11.8 Å². The zero-order valence-electron chi connectivity index (χ0n) is 23.9. The second kappa shape index (κ2) is 14.9. The molecule has 0 saturated carbocycles. The predicted molar refractivity (Wildman–Crippen MR) is 147 cm³/mol.